The third-order valence-corrected chi connectivity index (χ3v) is 4.98. The van der Waals surface area contributed by atoms with E-state index in [-0.39, 0.29) is 24.8 Å². The van der Waals surface area contributed by atoms with Crippen molar-refractivity contribution in [2.45, 2.75) is 19.9 Å². The SMILES string of the molecule is Cc1ccc(C)c([C@H](c2cccs2)N2CCNCC2)c1.Cl.Cl. The molecule has 1 aliphatic heterocycles. The van der Waals surface area contributed by atoms with Gasteiger partial charge in [0, 0.05) is 31.1 Å². The highest BCUT2D eigenvalue weighted by Crippen LogP contribution is 2.34. The Morgan fingerprint density at radius 3 is 2.45 bits per heavy atom. The van der Waals surface area contributed by atoms with Crippen molar-refractivity contribution in [3.05, 3.63) is 57.3 Å². The molecule has 0 bridgehead atoms. The number of nitrogens with one attached hydrogen (secondary N) is 1. The van der Waals surface area contributed by atoms with Gasteiger partial charge in [0.05, 0.1) is 6.04 Å². The van der Waals surface area contributed by atoms with Gasteiger partial charge in [0.1, 0.15) is 0 Å². The van der Waals surface area contributed by atoms with Crippen molar-refractivity contribution in [3.63, 3.8) is 0 Å². The summed E-state index contributed by atoms with van der Waals surface area (Å²) < 4.78 is 0. The number of benzene rings is 1. The monoisotopic (exact) mass is 358 g/mol. The zero-order valence-corrected chi connectivity index (χ0v) is 15.5. The lowest BCUT2D eigenvalue weighted by molar-refractivity contribution is 0.200. The van der Waals surface area contributed by atoms with E-state index in [1.54, 1.807) is 0 Å². The molecule has 5 heteroatoms. The Kier molecular flexibility index (Phi) is 7.87. The molecule has 1 atom stereocenters. The van der Waals surface area contributed by atoms with Crippen LogP contribution in [0, 0.1) is 13.8 Å². The summed E-state index contributed by atoms with van der Waals surface area (Å²) in [7, 11) is 0. The second kappa shape index (κ2) is 8.90. The number of aryl methyl sites for hydroxylation is 2. The minimum Gasteiger partial charge on any atom is -0.314 e. The van der Waals surface area contributed by atoms with Gasteiger partial charge in [-0.05, 0) is 36.4 Å². The highest BCUT2D eigenvalue weighted by Gasteiger charge is 2.25. The van der Waals surface area contributed by atoms with Crippen molar-refractivity contribution in [2.75, 3.05) is 26.2 Å². The molecule has 2 nitrogen and oxygen atoms in total. The summed E-state index contributed by atoms with van der Waals surface area (Å²) in [5.74, 6) is 0. The van der Waals surface area contributed by atoms with Crippen LogP contribution in [0.25, 0.3) is 0 Å². The second-order valence-electron chi connectivity index (χ2n) is 5.56. The summed E-state index contributed by atoms with van der Waals surface area (Å²) in [4.78, 5) is 4.07. The lowest BCUT2D eigenvalue weighted by Crippen LogP contribution is -2.45. The molecule has 2 heterocycles. The summed E-state index contributed by atoms with van der Waals surface area (Å²) in [6.45, 7) is 8.84. The van der Waals surface area contributed by atoms with Crippen LogP contribution in [0.15, 0.2) is 35.7 Å². The van der Waals surface area contributed by atoms with Gasteiger partial charge in [-0.15, -0.1) is 36.2 Å². The van der Waals surface area contributed by atoms with Crippen LogP contribution >= 0.6 is 36.2 Å². The van der Waals surface area contributed by atoms with Crippen LogP contribution in [0.2, 0.25) is 0 Å². The lowest BCUT2D eigenvalue weighted by Gasteiger charge is -2.35. The van der Waals surface area contributed by atoms with Gasteiger partial charge in [-0.3, -0.25) is 4.90 Å². The first-order chi connectivity index (χ1) is 9.75. The fraction of sp³-hybridized carbons (Fsp3) is 0.412. The van der Waals surface area contributed by atoms with Gasteiger partial charge in [0.2, 0.25) is 0 Å². The van der Waals surface area contributed by atoms with Crippen molar-refractivity contribution in [2.24, 2.45) is 0 Å². The van der Waals surface area contributed by atoms with E-state index in [2.05, 4.69) is 59.8 Å². The van der Waals surface area contributed by atoms with Crippen LogP contribution in [0.4, 0.5) is 0 Å². The van der Waals surface area contributed by atoms with Crippen molar-refractivity contribution >= 4 is 36.2 Å². The third kappa shape index (κ3) is 4.24. The Bertz CT molecular complexity index is 566. The van der Waals surface area contributed by atoms with Gasteiger partial charge in [-0.25, -0.2) is 0 Å². The fourth-order valence-corrected chi connectivity index (χ4v) is 3.85. The minimum absolute atomic E-state index is 0. The smallest absolute Gasteiger partial charge is 0.0699 e. The summed E-state index contributed by atoms with van der Waals surface area (Å²) >= 11 is 1.87. The van der Waals surface area contributed by atoms with Crippen molar-refractivity contribution in [1.29, 1.82) is 0 Å². The maximum atomic E-state index is 3.45. The number of rotatable bonds is 3. The fourth-order valence-electron chi connectivity index (χ4n) is 2.97. The van der Waals surface area contributed by atoms with E-state index < -0.39 is 0 Å². The molecule has 3 rings (SSSR count). The number of piperazine rings is 1. The van der Waals surface area contributed by atoms with Crippen LogP contribution < -0.4 is 5.32 Å². The second-order valence-corrected chi connectivity index (χ2v) is 6.54. The molecule has 22 heavy (non-hydrogen) atoms. The summed E-state index contributed by atoms with van der Waals surface area (Å²) in [6.07, 6.45) is 0. The standard InChI is InChI=1S/C17H22N2S.2ClH/c1-13-5-6-14(2)15(12-13)17(16-4-3-11-20-16)19-9-7-18-8-10-19;;/h3-6,11-12,17-18H,7-10H2,1-2H3;2*1H/t17-;;/m1../s1. The number of hydrogen-bond donors (Lipinski definition) is 1. The van der Waals surface area contributed by atoms with Gasteiger partial charge < -0.3 is 5.32 Å². The molecule has 0 radical (unpaired) electrons. The van der Waals surface area contributed by atoms with E-state index in [9.17, 15) is 0 Å². The summed E-state index contributed by atoms with van der Waals surface area (Å²) in [5, 5.41) is 5.64. The Hall–Kier alpha value is -0.580. The molecule has 0 spiro atoms. The highest BCUT2D eigenvalue weighted by atomic mass is 35.5. The largest absolute Gasteiger partial charge is 0.314 e. The molecule has 0 aliphatic carbocycles. The Labute approximate surface area is 149 Å². The maximum absolute atomic E-state index is 3.45. The van der Waals surface area contributed by atoms with Crippen molar-refractivity contribution < 1.29 is 0 Å². The molecule has 0 saturated carbocycles. The van der Waals surface area contributed by atoms with Crippen molar-refractivity contribution in [1.82, 2.24) is 10.2 Å². The molecule has 1 aromatic carbocycles. The first-order valence-corrected chi connectivity index (χ1v) is 8.19. The number of thiophene rings is 1. The zero-order chi connectivity index (χ0) is 13.9. The molecule has 1 saturated heterocycles. The van der Waals surface area contributed by atoms with Crippen LogP contribution in [-0.4, -0.2) is 31.1 Å². The normalized spacial score (nSPS) is 16.5. The number of halogens is 2. The third-order valence-electron chi connectivity index (χ3n) is 4.06. The van der Waals surface area contributed by atoms with Crippen molar-refractivity contribution in [3.8, 4) is 0 Å². The minimum atomic E-state index is 0. The number of hydrogen-bond acceptors (Lipinski definition) is 3. The lowest BCUT2D eigenvalue weighted by atomic mass is 9.96. The van der Waals surface area contributed by atoms with Gasteiger partial charge in [-0.2, -0.15) is 0 Å². The molecular weight excluding hydrogens is 335 g/mol. The van der Waals surface area contributed by atoms with E-state index in [4.69, 9.17) is 0 Å². The quantitative estimate of drug-likeness (QED) is 0.884. The molecule has 1 aliphatic rings. The Balaban J connectivity index is 0.00000121. The van der Waals surface area contributed by atoms with E-state index in [0.717, 1.165) is 26.2 Å². The molecular formula is C17H24Cl2N2S. The van der Waals surface area contributed by atoms with Gasteiger partial charge in [-0.1, -0.05) is 29.8 Å². The Morgan fingerprint density at radius 2 is 1.82 bits per heavy atom. The highest BCUT2D eigenvalue weighted by molar-refractivity contribution is 7.10. The van der Waals surface area contributed by atoms with E-state index in [1.807, 2.05) is 11.3 Å². The van der Waals surface area contributed by atoms with E-state index in [0.29, 0.717) is 6.04 Å². The van der Waals surface area contributed by atoms with Gasteiger partial charge in [0.25, 0.3) is 0 Å². The molecule has 2 aromatic rings. The molecule has 0 unspecified atom stereocenters. The maximum Gasteiger partial charge on any atom is 0.0699 e. The van der Waals surface area contributed by atoms with Gasteiger partial charge >= 0.3 is 0 Å². The van der Waals surface area contributed by atoms with Crippen LogP contribution in [0.5, 0.6) is 0 Å². The average molecular weight is 359 g/mol. The zero-order valence-electron chi connectivity index (χ0n) is 13.0. The number of nitrogens with zero attached hydrogens (tertiary/aromatic N) is 1. The first-order valence-electron chi connectivity index (χ1n) is 7.31. The molecule has 1 aromatic heterocycles. The predicted octanol–water partition coefficient (Wildman–Crippen LogP) is 4.20. The summed E-state index contributed by atoms with van der Waals surface area (Å²) in [6, 6.07) is 11.7. The van der Waals surface area contributed by atoms with E-state index in [1.165, 1.54) is 21.6 Å². The molecule has 0 amide bonds. The average Bonchev–Trinajstić information content (AvgIpc) is 2.98. The topological polar surface area (TPSA) is 15.3 Å². The van der Waals surface area contributed by atoms with E-state index >= 15 is 0 Å². The molecule has 122 valence electrons. The molecule has 1 N–H and O–H groups in total. The molecule has 1 fully saturated rings. The van der Waals surface area contributed by atoms with Crippen LogP contribution in [0.1, 0.15) is 27.6 Å². The Morgan fingerprint density at radius 1 is 1.09 bits per heavy atom. The summed E-state index contributed by atoms with van der Waals surface area (Å²) in [5.41, 5.74) is 4.21. The predicted molar refractivity (Wildman–Crippen MR) is 101 cm³/mol. The van der Waals surface area contributed by atoms with Crippen LogP contribution in [0.3, 0.4) is 0 Å². The first kappa shape index (κ1) is 19.5. The van der Waals surface area contributed by atoms with Crippen LogP contribution in [-0.2, 0) is 0 Å². The van der Waals surface area contributed by atoms with Gasteiger partial charge in [0.15, 0.2) is 0 Å².